The van der Waals surface area contributed by atoms with Crippen molar-refractivity contribution in [3.05, 3.63) is 34.2 Å². The van der Waals surface area contributed by atoms with Crippen molar-refractivity contribution in [2.45, 2.75) is 24.8 Å². The lowest BCUT2D eigenvalue weighted by Crippen LogP contribution is -2.13. The molecular formula is C12H13BrClN3O3S. The Kier molecular flexibility index (Phi) is 4.50. The van der Waals surface area contributed by atoms with Gasteiger partial charge in [0, 0.05) is 16.7 Å². The summed E-state index contributed by atoms with van der Waals surface area (Å²) in [6.45, 7) is 3.89. The summed E-state index contributed by atoms with van der Waals surface area (Å²) in [6.07, 6.45) is 3.09. The van der Waals surface area contributed by atoms with Gasteiger partial charge in [-0.3, -0.25) is 4.72 Å². The first kappa shape index (κ1) is 16.1. The largest absolute Gasteiger partial charge is 0.505 e. The van der Waals surface area contributed by atoms with Gasteiger partial charge in [-0.15, -0.1) is 0 Å². The number of aromatic hydroxyl groups is 1. The van der Waals surface area contributed by atoms with E-state index in [0.717, 1.165) is 0 Å². The van der Waals surface area contributed by atoms with E-state index in [1.165, 1.54) is 18.5 Å². The number of phenolic OH excluding ortho intramolecular Hbond substituents is 1. The van der Waals surface area contributed by atoms with Crippen LogP contribution in [0.2, 0.25) is 5.02 Å². The molecule has 114 valence electrons. The average Bonchev–Trinajstić information content (AvgIpc) is 2.81. The molecule has 9 heteroatoms. The summed E-state index contributed by atoms with van der Waals surface area (Å²) < 4.78 is 29.1. The summed E-state index contributed by atoms with van der Waals surface area (Å²) in [5.41, 5.74) is 0. The lowest BCUT2D eigenvalue weighted by molar-refractivity contribution is 0.459. The smallest absolute Gasteiger partial charge is 0.266 e. The number of anilines is 1. The number of imidazole rings is 1. The molecule has 1 heterocycles. The molecule has 0 unspecified atom stereocenters. The van der Waals surface area contributed by atoms with Crippen molar-refractivity contribution in [1.29, 1.82) is 0 Å². The molecule has 2 N–H and O–H groups in total. The van der Waals surface area contributed by atoms with Crippen LogP contribution >= 0.6 is 27.5 Å². The third kappa shape index (κ3) is 3.50. The number of aromatic nitrogens is 2. The van der Waals surface area contributed by atoms with Crippen LogP contribution < -0.4 is 4.72 Å². The first-order valence-electron chi connectivity index (χ1n) is 5.95. The normalized spacial score (nSPS) is 11.9. The van der Waals surface area contributed by atoms with E-state index in [4.69, 9.17) is 11.6 Å². The van der Waals surface area contributed by atoms with Gasteiger partial charge in [0.1, 0.15) is 4.90 Å². The van der Waals surface area contributed by atoms with Crippen molar-refractivity contribution >= 4 is 43.4 Å². The number of benzene rings is 1. The van der Waals surface area contributed by atoms with Gasteiger partial charge >= 0.3 is 0 Å². The highest BCUT2D eigenvalue weighted by molar-refractivity contribution is 9.10. The topological polar surface area (TPSA) is 84.2 Å². The lowest BCUT2D eigenvalue weighted by Gasteiger charge is -2.09. The zero-order valence-corrected chi connectivity index (χ0v) is 14.4. The summed E-state index contributed by atoms with van der Waals surface area (Å²) in [5.74, 6) is -0.338. The first-order valence-corrected chi connectivity index (χ1v) is 8.60. The van der Waals surface area contributed by atoms with E-state index in [2.05, 4.69) is 25.6 Å². The number of hydrogen-bond donors (Lipinski definition) is 2. The summed E-state index contributed by atoms with van der Waals surface area (Å²) in [7, 11) is -3.99. The Morgan fingerprint density at radius 2 is 2.10 bits per heavy atom. The molecule has 0 aliphatic carbocycles. The van der Waals surface area contributed by atoms with Gasteiger partial charge in [0.25, 0.3) is 10.0 Å². The summed E-state index contributed by atoms with van der Waals surface area (Å²) >= 11 is 8.92. The molecule has 2 rings (SSSR count). The number of sulfonamides is 1. The average molecular weight is 395 g/mol. The lowest BCUT2D eigenvalue weighted by atomic mass is 10.3. The number of phenols is 1. The Balaban J connectivity index is 2.38. The monoisotopic (exact) mass is 393 g/mol. The Hall–Kier alpha value is -1.25. The molecule has 0 saturated heterocycles. The van der Waals surface area contributed by atoms with Gasteiger partial charge in [-0.25, -0.2) is 13.4 Å². The molecule has 0 fully saturated rings. The third-order valence-electron chi connectivity index (χ3n) is 2.72. The van der Waals surface area contributed by atoms with Gasteiger partial charge in [-0.2, -0.15) is 0 Å². The Labute approximate surface area is 135 Å². The maximum atomic E-state index is 12.3. The zero-order valence-electron chi connectivity index (χ0n) is 11.2. The van der Waals surface area contributed by atoms with E-state index in [9.17, 15) is 13.5 Å². The zero-order chi connectivity index (χ0) is 15.8. The van der Waals surface area contributed by atoms with Crippen molar-refractivity contribution in [1.82, 2.24) is 9.55 Å². The van der Waals surface area contributed by atoms with Gasteiger partial charge in [0.2, 0.25) is 0 Å². The summed E-state index contributed by atoms with van der Waals surface area (Å²) in [6, 6.07) is 2.83. The minimum Gasteiger partial charge on any atom is -0.505 e. The fourth-order valence-electron chi connectivity index (χ4n) is 1.61. The standard InChI is InChI=1S/C12H13BrClN3O3S/c1-7(2)17-5-11(15-6-17)16-21(19,20)10-4-8(13)3-9(14)12(10)18/h3-7,16,18H,1-2H3. The second-order valence-corrected chi connectivity index (χ2v) is 7.61. The van der Waals surface area contributed by atoms with Crippen LogP contribution in [0, 0.1) is 0 Å². The van der Waals surface area contributed by atoms with E-state index in [1.54, 1.807) is 10.8 Å². The molecule has 2 aromatic rings. The highest BCUT2D eigenvalue weighted by Gasteiger charge is 2.22. The molecule has 1 aromatic carbocycles. The molecule has 0 bridgehead atoms. The number of nitrogens with one attached hydrogen (secondary N) is 1. The number of halogens is 2. The van der Waals surface area contributed by atoms with E-state index in [0.29, 0.717) is 4.47 Å². The molecule has 0 aliphatic heterocycles. The Morgan fingerprint density at radius 1 is 1.43 bits per heavy atom. The highest BCUT2D eigenvalue weighted by Crippen LogP contribution is 2.34. The van der Waals surface area contributed by atoms with Gasteiger partial charge in [0.15, 0.2) is 11.6 Å². The minimum absolute atomic E-state index is 0.0579. The van der Waals surface area contributed by atoms with Crippen molar-refractivity contribution in [2.75, 3.05) is 4.72 Å². The molecule has 1 aromatic heterocycles. The maximum Gasteiger partial charge on any atom is 0.266 e. The Morgan fingerprint density at radius 3 is 2.67 bits per heavy atom. The second-order valence-electron chi connectivity index (χ2n) is 4.64. The summed E-state index contributed by atoms with van der Waals surface area (Å²) in [4.78, 5) is 3.65. The van der Waals surface area contributed by atoms with Crippen LogP contribution in [0.1, 0.15) is 19.9 Å². The molecule has 0 amide bonds. The Bertz CT molecular complexity index is 774. The van der Waals surface area contributed by atoms with Crippen LogP contribution in [0.3, 0.4) is 0 Å². The highest BCUT2D eigenvalue weighted by atomic mass is 79.9. The van der Waals surface area contributed by atoms with Crippen LogP contribution in [0.5, 0.6) is 5.75 Å². The molecule has 6 nitrogen and oxygen atoms in total. The SMILES string of the molecule is CC(C)n1cnc(NS(=O)(=O)c2cc(Br)cc(Cl)c2O)c1. The van der Waals surface area contributed by atoms with Gasteiger partial charge in [0.05, 0.1) is 11.3 Å². The number of hydrogen-bond acceptors (Lipinski definition) is 4. The minimum atomic E-state index is -3.99. The molecule has 0 spiro atoms. The predicted octanol–water partition coefficient (Wildman–Crippen LogP) is 3.39. The molecule has 0 atom stereocenters. The van der Waals surface area contributed by atoms with Crippen LogP contribution in [-0.4, -0.2) is 23.1 Å². The van der Waals surface area contributed by atoms with Crippen molar-refractivity contribution in [3.8, 4) is 5.75 Å². The maximum absolute atomic E-state index is 12.3. The van der Waals surface area contributed by atoms with Gasteiger partial charge < -0.3 is 9.67 Å². The number of rotatable bonds is 4. The predicted molar refractivity (Wildman–Crippen MR) is 84.2 cm³/mol. The van der Waals surface area contributed by atoms with Crippen molar-refractivity contribution in [3.63, 3.8) is 0 Å². The van der Waals surface area contributed by atoms with E-state index in [-0.39, 0.29) is 21.8 Å². The van der Waals surface area contributed by atoms with Crippen LogP contribution in [0.25, 0.3) is 0 Å². The van der Waals surface area contributed by atoms with Crippen molar-refractivity contribution in [2.24, 2.45) is 0 Å². The van der Waals surface area contributed by atoms with E-state index < -0.39 is 15.8 Å². The number of nitrogens with zero attached hydrogens (tertiary/aromatic N) is 2. The van der Waals surface area contributed by atoms with Crippen LogP contribution in [0.4, 0.5) is 5.82 Å². The summed E-state index contributed by atoms with van der Waals surface area (Å²) in [5, 5.41) is 9.77. The fraction of sp³-hybridized carbons (Fsp3) is 0.250. The molecular weight excluding hydrogens is 382 g/mol. The van der Waals surface area contributed by atoms with E-state index >= 15 is 0 Å². The molecule has 0 radical (unpaired) electrons. The second kappa shape index (κ2) is 5.86. The van der Waals surface area contributed by atoms with Crippen LogP contribution in [0.15, 0.2) is 34.0 Å². The van der Waals surface area contributed by atoms with Crippen molar-refractivity contribution < 1.29 is 13.5 Å². The quantitative estimate of drug-likeness (QED) is 0.832. The van der Waals surface area contributed by atoms with Gasteiger partial charge in [-0.05, 0) is 26.0 Å². The van der Waals surface area contributed by atoms with Crippen LogP contribution in [-0.2, 0) is 10.0 Å². The molecule has 21 heavy (non-hydrogen) atoms. The first-order chi connectivity index (χ1) is 9.70. The third-order valence-corrected chi connectivity index (χ3v) is 4.83. The fourth-order valence-corrected chi connectivity index (χ4v) is 3.77. The van der Waals surface area contributed by atoms with E-state index in [1.807, 2.05) is 13.8 Å². The molecule has 0 aliphatic rings. The molecule has 0 saturated carbocycles. The van der Waals surface area contributed by atoms with Gasteiger partial charge in [-0.1, -0.05) is 27.5 Å².